The number of fused-ring (bicyclic) bond motifs is 1. The third-order valence-corrected chi connectivity index (χ3v) is 6.01. The number of nitrogens with zero attached hydrogens (tertiary/aromatic N) is 1. The van der Waals surface area contributed by atoms with Crippen LogP contribution in [0, 0.1) is 17.8 Å². The molecule has 0 radical (unpaired) electrons. The first-order chi connectivity index (χ1) is 11.0. The summed E-state index contributed by atoms with van der Waals surface area (Å²) >= 11 is 0. The highest BCUT2D eigenvalue weighted by Gasteiger charge is 2.49. The molecule has 23 heavy (non-hydrogen) atoms. The van der Waals surface area contributed by atoms with E-state index in [-0.39, 0.29) is 5.75 Å². The third-order valence-electron chi connectivity index (χ3n) is 6.01. The zero-order valence-electron chi connectivity index (χ0n) is 13.6. The Morgan fingerprint density at radius 3 is 2.26 bits per heavy atom. The van der Waals surface area contributed by atoms with E-state index in [0.29, 0.717) is 18.4 Å². The molecule has 1 aromatic carbocycles. The van der Waals surface area contributed by atoms with Crippen molar-refractivity contribution >= 4 is 0 Å². The van der Waals surface area contributed by atoms with Gasteiger partial charge in [0.2, 0.25) is 0 Å². The highest BCUT2D eigenvalue weighted by Crippen LogP contribution is 2.49. The zero-order valence-corrected chi connectivity index (χ0v) is 13.6. The summed E-state index contributed by atoms with van der Waals surface area (Å²) in [6.45, 7) is 2.62. The Kier molecular flexibility index (Phi) is 3.87. The molecule has 2 aliphatic carbocycles. The lowest BCUT2D eigenvalue weighted by molar-refractivity contribution is 0.0194. The molecule has 1 heterocycles. The number of benzene rings is 1. The molecule has 0 bridgehead atoms. The fraction of sp³-hybridized carbons (Fsp3) is 0.684. The van der Waals surface area contributed by atoms with Crippen molar-refractivity contribution in [3.05, 3.63) is 29.8 Å². The molecule has 3 N–H and O–H groups in total. The second-order valence-electron chi connectivity index (χ2n) is 8.13. The number of aromatic hydroxyl groups is 1. The van der Waals surface area contributed by atoms with Crippen LogP contribution in [0.4, 0.5) is 0 Å². The first-order valence-corrected chi connectivity index (χ1v) is 8.92. The van der Waals surface area contributed by atoms with Gasteiger partial charge >= 0.3 is 0 Å². The molecule has 4 atom stereocenters. The Morgan fingerprint density at radius 2 is 1.70 bits per heavy atom. The lowest BCUT2D eigenvalue weighted by Gasteiger charge is -2.27. The SMILES string of the molecule is Oc1ccc(C(O)CN2C[C@@H]3C[C@](O)(CC4CC4)C[C@@H]3C2)cc1. The molecule has 0 amide bonds. The number of hydrogen-bond donors (Lipinski definition) is 3. The van der Waals surface area contributed by atoms with E-state index in [2.05, 4.69) is 4.90 Å². The van der Waals surface area contributed by atoms with Crippen LogP contribution in [0.1, 0.15) is 43.8 Å². The summed E-state index contributed by atoms with van der Waals surface area (Å²) < 4.78 is 0. The molecule has 4 heteroatoms. The quantitative estimate of drug-likeness (QED) is 0.780. The number of rotatable bonds is 5. The smallest absolute Gasteiger partial charge is 0.115 e. The monoisotopic (exact) mass is 317 g/mol. The van der Waals surface area contributed by atoms with Gasteiger partial charge in [0, 0.05) is 19.6 Å². The maximum absolute atomic E-state index is 10.8. The van der Waals surface area contributed by atoms with Crippen LogP contribution in [0.2, 0.25) is 0 Å². The van der Waals surface area contributed by atoms with Crippen LogP contribution in [-0.2, 0) is 0 Å². The summed E-state index contributed by atoms with van der Waals surface area (Å²) in [4.78, 5) is 2.34. The Labute approximate surface area is 137 Å². The second kappa shape index (κ2) is 5.76. The van der Waals surface area contributed by atoms with Crippen LogP contribution in [0.5, 0.6) is 5.75 Å². The molecule has 1 aromatic rings. The van der Waals surface area contributed by atoms with Crippen LogP contribution in [0.3, 0.4) is 0 Å². The molecule has 1 aliphatic heterocycles. The number of likely N-dealkylation sites (tertiary alicyclic amines) is 1. The Balaban J connectivity index is 1.31. The summed E-state index contributed by atoms with van der Waals surface area (Å²) in [5.74, 6) is 2.19. The maximum Gasteiger partial charge on any atom is 0.115 e. The van der Waals surface area contributed by atoms with Crippen LogP contribution in [0.15, 0.2) is 24.3 Å². The average Bonchev–Trinajstić information content (AvgIpc) is 3.14. The minimum Gasteiger partial charge on any atom is -0.508 e. The van der Waals surface area contributed by atoms with Crippen LogP contribution in [-0.4, -0.2) is 45.5 Å². The first-order valence-electron chi connectivity index (χ1n) is 8.92. The molecule has 3 fully saturated rings. The minimum absolute atomic E-state index is 0.228. The number of hydrogen-bond acceptors (Lipinski definition) is 4. The molecule has 4 nitrogen and oxygen atoms in total. The van der Waals surface area contributed by atoms with Crippen molar-refractivity contribution in [3.63, 3.8) is 0 Å². The highest BCUT2D eigenvalue weighted by molar-refractivity contribution is 5.27. The number of aliphatic hydroxyl groups is 2. The van der Waals surface area contributed by atoms with Gasteiger partial charge in [0.15, 0.2) is 0 Å². The zero-order chi connectivity index (χ0) is 16.0. The van der Waals surface area contributed by atoms with E-state index >= 15 is 0 Å². The van der Waals surface area contributed by atoms with E-state index in [4.69, 9.17) is 0 Å². The van der Waals surface area contributed by atoms with E-state index in [1.165, 1.54) is 12.8 Å². The van der Waals surface area contributed by atoms with Gasteiger partial charge in [0.25, 0.3) is 0 Å². The van der Waals surface area contributed by atoms with Gasteiger partial charge in [-0.2, -0.15) is 0 Å². The van der Waals surface area contributed by atoms with Crippen LogP contribution < -0.4 is 0 Å². The van der Waals surface area contributed by atoms with Gasteiger partial charge in [-0.3, -0.25) is 4.90 Å². The molecule has 0 aromatic heterocycles. The largest absolute Gasteiger partial charge is 0.508 e. The van der Waals surface area contributed by atoms with E-state index in [1.54, 1.807) is 24.3 Å². The van der Waals surface area contributed by atoms with Crippen LogP contribution >= 0.6 is 0 Å². The van der Waals surface area contributed by atoms with Crippen molar-refractivity contribution < 1.29 is 15.3 Å². The van der Waals surface area contributed by atoms with Crippen molar-refractivity contribution in [1.29, 1.82) is 0 Å². The molecule has 1 saturated heterocycles. The van der Waals surface area contributed by atoms with Crippen molar-refractivity contribution in [1.82, 2.24) is 4.90 Å². The van der Waals surface area contributed by atoms with Crippen molar-refractivity contribution in [2.24, 2.45) is 17.8 Å². The minimum atomic E-state index is -0.514. The number of β-amino-alcohol motifs (C(OH)–C–C–N with tert-alkyl or cyclic N) is 1. The molecule has 2 saturated carbocycles. The summed E-state index contributed by atoms with van der Waals surface area (Å²) in [6, 6.07) is 6.81. The summed E-state index contributed by atoms with van der Waals surface area (Å²) in [7, 11) is 0. The van der Waals surface area contributed by atoms with Gasteiger partial charge in [-0.05, 0) is 54.7 Å². The number of aliphatic hydroxyl groups excluding tert-OH is 1. The number of phenols is 1. The molecule has 4 rings (SSSR count). The average molecular weight is 317 g/mol. The van der Waals surface area contributed by atoms with Gasteiger partial charge in [-0.1, -0.05) is 25.0 Å². The standard InChI is InChI=1S/C19H27NO3/c21-17-5-3-14(4-6-17)18(22)12-20-10-15-8-19(23,7-13-1-2-13)9-16(15)11-20/h3-6,13,15-16,18,21-23H,1-2,7-12H2/t15-,16+,18?,19+. The predicted molar refractivity (Wildman–Crippen MR) is 88.0 cm³/mol. The fourth-order valence-corrected chi connectivity index (χ4v) is 4.78. The van der Waals surface area contributed by atoms with E-state index < -0.39 is 11.7 Å². The van der Waals surface area contributed by atoms with Gasteiger partial charge in [-0.15, -0.1) is 0 Å². The van der Waals surface area contributed by atoms with Crippen molar-refractivity contribution in [2.75, 3.05) is 19.6 Å². The lowest BCUT2D eigenvalue weighted by atomic mass is 9.93. The highest BCUT2D eigenvalue weighted by atomic mass is 16.3. The predicted octanol–water partition coefficient (Wildman–Crippen LogP) is 2.30. The first kappa shape index (κ1) is 15.4. The molecule has 126 valence electrons. The molecular formula is C19H27NO3. The Morgan fingerprint density at radius 1 is 1.09 bits per heavy atom. The van der Waals surface area contributed by atoms with E-state index in [9.17, 15) is 15.3 Å². The Bertz CT molecular complexity index is 540. The van der Waals surface area contributed by atoms with Gasteiger partial charge in [0.05, 0.1) is 11.7 Å². The van der Waals surface area contributed by atoms with E-state index in [1.807, 2.05) is 0 Å². The topological polar surface area (TPSA) is 63.9 Å². The van der Waals surface area contributed by atoms with Gasteiger partial charge in [0.1, 0.15) is 5.75 Å². The van der Waals surface area contributed by atoms with E-state index in [0.717, 1.165) is 43.8 Å². The third kappa shape index (κ3) is 3.39. The van der Waals surface area contributed by atoms with Crippen LogP contribution in [0.25, 0.3) is 0 Å². The molecule has 1 unspecified atom stereocenters. The summed E-state index contributed by atoms with van der Waals surface area (Å²) in [5, 5.41) is 30.5. The molecule has 0 spiro atoms. The van der Waals surface area contributed by atoms with Crippen molar-refractivity contribution in [2.45, 2.75) is 43.8 Å². The Hall–Kier alpha value is -1.10. The molecular weight excluding hydrogens is 290 g/mol. The summed E-state index contributed by atoms with van der Waals surface area (Å²) in [5.41, 5.74) is 0.447. The summed E-state index contributed by atoms with van der Waals surface area (Å²) in [6.07, 6.45) is 5.00. The fourth-order valence-electron chi connectivity index (χ4n) is 4.78. The van der Waals surface area contributed by atoms with Gasteiger partial charge in [-0.25, -0.2) is 0 Å². The number of phenolic OH excluding ortho intramolecular Hbond substituents is 1. The maximum atomic E-state index is 10.8. The normalized spacial score (nSPS) is 35.4. The second-order valence-corrected chi connectivity index (χ2v) is 8.13. The molecule has 3 aliphatic rings. The van der Waals surface area contributed by atoms with Crippen molar-refractivity contribution in [3.8, 4) is 5.75 Å². The van der Waals surface area contributed by atoms with Gasteiger partial charge < -0.3 is 15.3 Å². The lowest BCUT2D eigenvalue weighted by Crippen LogP contribution is -2.32.